The molecule has 0 spiro atoms. The molecule has 4 nitrogen and oxygen atoms in total. The van der Waals surface area contributed by atoms with Crippen molar-refractivity contribution < 1.29 is 9.53 Å². The number of fused-ring (bicyclic) bond motifs is 1. The summed E-state index contributed by atoms with van der Waals surface area (Å²) < 4.78 is 5.50. The van der Waals surface area contributed by atoms with Gasteiger partial charge in [-0.15, -0.1) is 11.3 Å². The van der Waals surface area contributed by atoms with Crippen molar-refractivity contribution in [1.29, 1.82) is 0 Å². The van der Waals surface area contributed by atoms with Crippen LogP contribution in [0, 0.1) is 6.92 Å². The Morgan fingerprint density at radius 2 is 2.29 bits per heavy atom. The van der Waals surface area contributed by atoms with Crippen LogP contribution in [0.15, 0.2) is 12.4 Å². The van der Waals surface area contributed by atoms with Crippen LogP contribution in [0.1, 0.15) is 15.4 Å². The molecule has 2 heterocycles. The average molecular weight is 208 g/mol. The number of carbonyl (C=O) groups is 1. The zero-order chi connectivity index (χ0) is 10.1. The average Bonchev–Trinajstić information content (AvgIpc) is 2.62. The molecule has 2 rings (SSSR count). The molecule has 0 fully saturated rings. The van der Waals surface area contributed by atoms with Gasteiger partial charge in [0, 0.05) is 12.4 Å². The Morgan fingerprint density at radius 3 is 2.93 bits per heavy atom. The summed E-state index contributed by atoms with van der Waals surface area (Å²) in [5, 5.41) is 0.374. The van der Waals surface area contributed by atoms with Crippen molar-refractivity contribution in [3.8, 4) is 0 Å². The summed E-state index contributed by atoms with van der Waals surface area (Å²) >= 11 is 1.30. The second-order valence-corrected chi connectivity index (χ2v) is 3.84. The van der Waals surface area contributed by atoms with E-state index in [-0.39, 0.29) is 0 Å². The SMILES string of the molecule is COC(=O)c1nc2c(C)cncc2s1. The molecule has 2 aromatic heterocycles. The molecular formula is C9H8N2O2S. The molecule has 0 radical (unpaired) electrons. The minimum atomic E-state index is -0.398. The normalized spacial score (nSPS) is 10.4. The summed E-state index contributed by atoms with van der Waals surface area (Å²) in [6.07, 6.45) is 3.43. The molecule has 0 saturated heterocycles. The topological polar surface area (TPSA) is 52.1 Å². The van der Waals surface area contributed by atoms with Crippen LogP contribution in [0.4, 0.5) is 0 Å². The summed E-state index contributed by atoms with van der Waals surface area (Å²) in [6, 6.07) is 0. The van der Waals surface area contributed by atoms with Gasteiger partial charge in [-0.2, -0.15) is 0 Å². The van der Waals surface area contributed by atoms with Gasteiger partial charge < -0.3 is 4.74 Å². The molecule has 0 atom stereocenters. The maximum Gasteiger partial charge on any atom is 0.367 e. The molecule has 0 unspecified atom stereocenters. The third kappa shape index (κ3) is 1.35. The van der Waals surface area contributed by atoms with Gasteiger partial charge in [0.05, 0.1) is 17.3 Å². The number of esters is 1. The van der Waals surface area contributed by atoms with E-state index in [0.717, 1.165) is 15.8 Å². The van der Waals surface area contributed by atoms with Crippen LogP contribution < -0.4 is 0 Å². The summed E-state index contributed by atoms with van der Waals surface area (Å²) in [5.74, 6) is -0.398. The number of aromatic nitrogens is 2. The highest BCUT2D eigenvalue weighted by Gasteiger charge is 2.13. The van der Waals surface area contributed by atoms with Crippen molar-refractivity contribution in [2.75, 3.05) is 7.11 Å². The number of pyridine rings is 1. The highest BCUT2D eigenvalue weighted by Crippen LogP contribution is 2.23. The van der Waals surface area contributed by atoms with Gasteiger partial charge in [-0.05, 0) is 12.5 Å². The molecule has 5 heteroatoms. The number of hydrogen-bond acceptors (Lipinski definition) is 5. The highest BCUT2D eigenvalue weighted by atomic mass is 32.1. The van der Waals surface area contributed by atoms with Crippen molar-refractivity contribution >= 4 is 27.5 Å². The Hall–Kier alpha value is -1.49. The largest absolute Gasteiger partial charge is 0.464 e. The molecule has 0 amide bonds. The fourth-order valence-corrected chi connectivity index (χ4v) is 2.08. The number of hydrogen-bond donors (Lipinski definition) is 0. The Labute approximate surface area is 84.6 Å². The molecular weight excluding hydrogens is 200 g/mol. The minimum Gasteiger partial charge on any atom is -0.464 e. The molecule has 72 valence electrons. The first-order valence-electron chi connectivity index (χ1n) is 4.02. The number of thiazole rings is 1. The van der Waals surface area contributed by atoms with E-state index in [2.05, 4.69) is 14.7 Å². The molecule has 0 aromatic carbocycles. The lowest BCUT2D eigenvalue weighted by Gasteiger charge is -1.90. The Balaban J connectivity index is 2.62. The van der Waals surface area contributed by atoms with Crippen LogP contribution in [0.3, 0.4) is 0 Å². The zero-order valence-corrected chi connectivity index (χ0v) is 8.59. The van der Waals surface area contributed by atoms with E-state index in [1.54, 1.807) is 12.4 Å². The second kappa shape index (κ2) is 3.34. The van der Waals surface area contributed by atoms with Crippen LogP contribution in [0.2, 0.25) is 0 Å². The summed E-state index contributed by atoms with van der Waals surface area (Å²) in [5.41, 5.74) is 1.79. The molecule has 0 aliphatic heterocycles. The molecule has 0 N–H and O–H groups in total. The van der Waals surface area contributed by atoms with Crippen molar-refractivity contribution in [1.82, 2.24) is 9.97 Å². The molecule has 14 heavy (non-hydrogen) atoms. The number of methoxy groups -OCH3 is 1. The van der Waals surface area contributed by atoms with Gasteiger partial charge in [-0.1, -0.05) is 0 Å². The Kier molecular flexibility index (Phi) is 2.17. The monoisotopic (exact) mass is 208 g/mol. The first-order valence-corrected chi connectivity index (χ1v) is 4.83. The lowest BCUT2D eigenvalue weighted by atomic mass is 10.3. The van der Waals surface area contributed by atoms with Gasteiger partial charge in [0.15, 0.2) is 0 Å². The first-order chi connectivity index (χ1) is 6.72. The fraction of sp³-hybridized carbons (Fsp3) is 0.222. The lowest BCUT2D eigenvalue weighted by molar-refractivity contribution is 0.0600. The van der Waals surface area contributed by atoms with Crippen molar-refractivity contribution in [2.45, 2.75) is 6.92 Å². The van der Waals surface area contributed by atoms with E-state index in [1.807, 2.05) is 6.92 Å². The van der Waals surface area contributed by atoms with Crippen LogP contribution in [-0.2, 0) is 4.74 Å². The van der Waals surface area contributed by atoms with Crippen molar-refractivity contribution in [3.05, 3.63) is 23.0 Å². The van der Waals surface area contributed by atoms with Gasteiger partial charge in [-0.3, -0.25) is 4.98 Å². The maximum absolute atomic E-state index is 11.2. The number of nitrogens with zero attached hydrogens (tertiary/aromatic N) is 2. The zero-order valence-electron chi connectivity index (χ0n) is 7.77. The molecule has 0 aliphatic carbocycles. The van der Waals surface area contributed by atoms with Gasteiger partial charge in [0.25, 0.3) is 0 Å². The third-order valence-corrected chi connectivity index (χ3v) is 2.82. The van der Waals surface area contributed by atoms with E-state index >= 15 is 0 Å². The Morgan fingerprint density at radius 1 is 1.50 bits per heavy atom. The van der Waals surface area contributed by atoms with E-state index in [4.69, 9.17) is 0 Å². The van der Waals surface area contributed by atoms with E-state index in [1.165, 1.54) is 18.4 Å². The van der Waals surface area contributed by atoms with Crippen LogP contribution >= 0.6 is 11.3 Å². The second-order valence-electron chi connectivity index (χ2n) is 2.81. The van der Waals surface area contributed by atoms with E-state index < -0.39 is 5.97 Å². The Bertz CT molecular complexity index is 493. The van der Waals surface area contributed by atoms with Gasteiger partial charge >= 0.3 is 5.97 Å². The summed E-state index contributed by atoms with van der Waals surface area (Å²) in [7, 11) is 1.35. The molecule has 0 aliphatic rings. The molecule has 0 saturated carbocycles. The van der Waals surface area contributed by atoms with Crippen LogP contribution in [0.25, 0.3) is 10.2 Å². The van der Waals surface area contributed by atoms with Gasteiger partial charge in [0.1, 0.15) is 0 Å². The van der Waals surface area contributed by atoms with Gasteiger partial charge in [-0.25, -0.2) is 9.78 Å². The number of aryl methyl sites for hydroxylation is 1. The van der Waals surface area contributed by atoms with Crippen LogP contribution in [0.5, 0.6) is 0 Å². The number of ether oxygens (including phenoxy) is 1. The van der Waals surface area contributed by atoms with E-state index in [0.29, 0.717) is 5.01 Å². The molecule has 2 aromatic rings. The summed E-state index contributed by atoms with van der Waals surface area (Å²) in [6.45, 7) is 1.91. The summed E-state index contributed by atoms with van der Waals surface area (Å²) in [4.78, 5) is 19.4. The quantitative estimate of drug-likeness (QED) is 0.670. The van der Waals surface area contributed by atoms with Crippen molar-refractivity contribution in [2.24, 2.45) is 0 Å². The predicted octanol–water partition coefficient (Wildman–Crippen LogP) is 1.79. The fourth-order valence-electron chi connectivity index (χ4n) is 1.15. The van der Waals surface area contributed by atoms with Crippen molar-refractivity contribution in [3.63, 3.8) is 0 Å². The van der Waals surface area contributed by atoms with Crippen LogP contribution in [-0.4, -0.2) is 23.0 Å². The maximum atomic E-state index is 11.2. The lowest BCUT2D eigenvalue weighted by Crippen LogP contribution is -1.99. The standard InChI is InChI=1S/C9H8N2O2S/c1-5-3-10-4-6-7(5)11-8(14-6)9(12)13-2/h3-4H,1-2H3. The minimum absolute atomic E-state index is 0.374. The molecule has 0 bridgehead atoms. The highest BCUT2D eigenvalue weighted by molar-refractivity contribution is 7.20. The van der Waals surface area contributed by atoms with E-state index in [9.17, 15) is 4.79 Å². The smallest absolute Gasteiger partial charge is 0.367 e. The number of carbonyl (C=O) groups excluding carboxylic acids is 1. The first kappa shape index (κ1) is 9.08. The van der Waals surface area contributed by atoms with Gasteiger partial charge in [0.2, 0.25) is 5.01 Å². The number of rotatable bonds is 1. The third-order valence-electron chi connectivity index (χ3n) is 1.85. The predicted molar refractivity (Wildman–Crippen MR) is 53.5 cm³/mol.